The summed E-state index contributed by atoms with van der Waals surface area (Å²) in [4.78, 5) is 14.6. The molecule has 1 aromatic heterocycles. The molecular formula is C13H15N3O4S. The van der Waals surface area contributed by atoms with Crippen LogP contribution < -0.4 is 5.32 Å². The summed E-state index contributed by atoms with van der Waals surface area (Å²) in [6, 6.07) is 7.08. The van der Waals surface area contributed by atoms with Crippen LogP contribution in [0, 0.1) is 10.1 Å². The van der Waals surface area contributed by atoms with E-state index in [-0.39, 0.29) is 11.4 Å². The summed E-state index contributed by atoms with van der Waals surface area (Å²) in [6.45, 7) is 0.335. The van der Waals surface area contributed by atoms with Crippen molar-refractivity contribution in [1.82, 2.24) is 4.98 Å². The predicted molar refractivity (Wildman–Crippen MR) is 81.2 cm³/mol. The van der Waals surface area contributed by atoms with Crippen LogP contribution in [-0.4, -0.2) is 36.9 Å². The van der Waals surface area contributed by atoms with Crippen LogP contribution in [0.15, 0.2) is 30.5 Å². The van der Waals surface area contributed by atoms with E-state index in [1.165, 1.54) is 6.20 Å². The van der Waals surface area contributed by atoms with Crippen molar-refractivity contribution >= 4 is 32.1 Å². The molecule has 0 bridgehead atoms. The van der Waals surface area contributed by atoms with Gasteiger partial charge < -0.3 is 5.32 Å². The largest absolute Gasteiger partial charge is 0.379 e. The van der Waals surface area contributed by atoms with Crippen LogP contribution in [-0.2, 0) is 9.84 Å². The van der Waals surface area contributed by atoms with Crippen molar-refractivity contribution in [2.75, 3.05) is 23.9 Å². The summed E-state index contributed by atoms with van der Waals surface area (Å²) in [5, 5.41) is 14.7. The summed E-state index contributed by atoms with van der Waals surface area (Å²) >= 11 is 0. The lowest BCUT2D eigenvalue weighted by Crippen LogP contribution is -2.11. The minimum atomic E-state index is -3.03. The number of nitrogens with one attached hydrogen (secondary N) is 1. The summed E-state index contributed by atoms with van der Waals surface area (Å²) in [6.07, 6.45) is 2.76. The van der Waals surface area contributed by atoms with Crippen molar-refractivity contribution in [2.45, 2.75) is 6.42 Å². The first-order valence-electron chi connectivity index (χ1n) is 6.32. The van der Waals surface area contributed by atoms with Crippen LogP contribution >= 0.6 is 0 Å². The second-order valence-electron chi connectivity index (χ2n) is 4.70. The number of para-hydroxylation sites is 1. The minimum Gasteiger partial charge on any atom is -0.379 e. The molecule has 0 saturated carbocycles. The lowest BCUT2D eigenvalue weighted by atomic mass is 10.1. The van der Waals surface area contributed by atoms with E-state index < -0.39 is 14.8 Å². The Morgan fingerprint density at radius 1 is 1.33 bits per heavy atom. The quantitative estimate of drug-likeness (QED) is 0.497. The van der Waals surface area contributed by atoms with E-state index >= 15 is 0 Å². The van der Waals surface area contributed by atoms with E-state index in [0.29, 0.717) is 29.6 Å². The Hall–Kier alpha value is -2.22. The average Bonchev–Trinajstić information content (AvgIpc) is 2.42. The van der Waals surface area contributed by atoms with Crippen LogP contribution in [0.4, 0.5) is 11.4 Å². The summed E-state index contributed by atoms with van der Waals surface area (Å²) in [5.74, 6) is 0.0385. The molecule has 0 aliphatic rings. The van der Waals surface area contributed by atoms with Crippen LogP contribution in [0.1, 0.15) is 6.42 Å². The van der Waals surface area contributed by atoms with E-state index in [1.54, 1.807) is 24.3 Å². The predicted octanol–water partition coefficient (Wildman–Crippen LogP) is 1.99. The van der Waals surface area contributed by atoms with Gasteiger partial charge in [0.05, 0.1) is 16.2 Å². The first-order chi connectivity index (χ1) is 9.88. The van der Waals surface area contributed by atoms with Crippen LogP contribution in [0.2, 0.25) is 0 Å². The monoisotopic (exact) mass is 309 g/mol. The van der Waals surface area contributed by atoms with Gasteiger partial charge in [-0.3, -0.25) is 10.1 Å². The maximum Gasteiger partial charge on any atom is 0.311 e. The molecule has 8 heteroatoms. The molecule has 0 saturated heterocycles. The van der Waals surface area contributed by atoms with Crippen molar-refractivity contribution in [1.29, 1.82) is 0 Å². The van der Waals surface area contributed by atoms with Crippen molar-refractivity contribution in [3.05, 3.63) is 40.6 Å². The van der Waals surface area contributed by atoms with Crippen molar-refractivity contribution in [2.24, 2.45) is 0 Å². The van der Waals surface area contributed by atoms with Crippen LogP contribution in [0.3, 0.4) is 0 Å². The first kappa shape index (κ1) is 15.2. The molecule has 7 nitrogen and oxygen atoms in total. The summed E-state index contributed by atoms with van der Waals surface area (Å²) in [5.41, 5.74) is 0.904. The highest BCUT2D eigenvalue weighted by Gasteiger charge is 2.17. The molecule has 0 fully saturated rings. The smallest absolute Gasteiger partial charge is 0.311 e. The van der Waals surface area contributed by atoms with E-state index in [4.69, 9.17) is 0 Å². The van der Waals surface area contributed by atoms with Gasteiger partial charge >= 0.3 is 5.69 Å². The topological polar surface area (TPSA) is 102 Å². The Balaban J connectivity index is 2.27. The van der Waals surface area contributed by atoms with Crippen LogP contribution in [0.5, 0.6) is 0 Å². The van der Waals surface area contributed by atoms with Gasteiger partial charge in [-0.25, -0.2) is 13.4 Å². The van der Waals surface area contributed by atoms with E-state index in [2.05, 4.69) is 10.3 Å². The van der Waals surface area contributed by atoms with Gasteiger partial charge in [-0.05, 0) is 12.5 Å². The number of hydrogen-bond donors (Lipinski definition) is 1. The van der Waals surface area contributed by atoms with Crippen molar-refractivity contribution in [3.63, 3.8) is 0 Å². The Kier molecular flexibility index (Phi) is 4.37. The fourth-order valence-electron chi connectivity index (χ4n) is 2.00. The number of nitro groups is 1. The van der Waals surface area contributed by atoms with E-state index in [9.17, 15) is 18.5 Å². The third kappa shape index (κ3) is 3.88. The molecule has 0 spiro atoms. The number of rotatable bonds is 6. The molecule has 21 heavy (non-hydrogen) atoms. The fraction of sp³-hybridized carbons (Fsp3) is 0.308. The average molecular weight is 309 g/mol. The highest BCUT2D eigenvalue weighted by Crippen LogP contribution is 2.31. The number of benzene rings is 1. The molecule has 0 aliphatic heterocycles. The molecule has 0 amide bonds. The van der Waals surface area contributed by atoms with Crippen molar-refractivity contribution in [3.8, 4) is 0 Å². The summed E-state index contributed by atoms with van der Waals surface area (Å²) in [7, 11) is -3.03. The minimum absolute atomic E-state index is 0.0385. The van der Waals surface area contributed by atoms with Gasteiger partial charge in [-0.15, -0.1) is 0 Å². The molecule has 0 radical (unpaired) electrons. The first-order valence-corrected chi connectivity index (χ1v) is 8.38. The molecule has 0 aliphatic carbocycles. The maximum absolute atomic E-state index is 11.1. The Bertz CT molecular complexity index is 774. The third-order valence-corrected chi connectivity index (χ3v) is 3.98. The lowest BCUT2D eigenvalue weighted by molar-refractivity contribution is -0.384. The van der Waals surface area contributed by atoms with Gasteiger partial charge in [0, 0.05) is 18.2 Å². The van der Waals surface area contributed by atoms with Gasteiger partial charge in [0.1, 0.15) is 21.7 Å². The third-order valence-electron chi connectivity index (χ3n) is 2.95. The Morgan fingerprint density at radius 3 is 2.71 bits per heavy atom. The molecule has 1 N–H and O–H groups in total. The molecule has 2 aromatic rings. The van der Waals surface area contributed by atoms with Gasteiger partial charge in [0.15, 0.2) is 0 Å². The number of nitrogens with zero attached hydrogens (tertiary/aromatic N) is 2. The Morgan fingerprint density at radius 2 is 2.05 bits per heavy atom. The van der Waals surface area contributed by atoms with Gasteiger partial charge in [0.2, 0.25) is 0 Å². The standard InChI is InChI=1S/C13H15N3O4S/c1-21(19,20)8-4-7-14-13-10-5-2-3-6-11(10)15-9-12(13)16(17)18/h2-3,5-6,9H,4,7-8H2,1H3,(H,14,15). The molecular weight excluding hydrogens is 294 g/mol. The second kappa shape index (κ2) is 6.04. The Labute approximate surface area is 122 Å². The molecule has 112 valence electrons. The fourth-order valence-corrected chi connectivity index (χ4v) is 2.67. The zero-order chi connectivity index (χ0) is 15.5. The summed E-state index contributed by atoms with van der Waals surface area (Å²) < 4.78 is 22.2. The number of anilines is 1. The number of hydrogen-bond acceptors (Lipinski definition) is 6. The van der Waals surface area contributed by atoms with Crippen molar-refractivity contribution < 1.29 is 13.3 Å². The van der Waals surface area contributed by atoms with Gasteiger partial charge in [-0.2, -0.15) is 0 Å². The molecule has 0 atom stereocenters. The van der Waals surface area contributed by atoms with Gasteiger partial charge in [-0.1, -0.05) is 18.2 Å². The van der Waals surface area contributed by atoms with Crippen LogP contribution in [0.25, 0.3) is 10.9 Å². The molecule has 1 heterocycles. The molecule has 1 aromatic carbocycles. The highest BCUT2D eigenvalue weighted by molar-refractivity contribution is 7.90. The number of pyridine rings is 1. The van der Waals surface area contributed by atoms with E-state index in [1.807, 2.05) is 0 Å². The second-order valence-corrected chi connectivity index (χ2v) is 6.96. The SMILES string of the molecule is CS(=O)(=O)CCCNc1c([N+](=O)[O-])cnc2ccccc12. The molecule has 2 rings (SSSR count). The normalized spacial score (nSPS) is 11.5. The van der Waals surface area contributed by atoms with Gasteiger partial charge in [0.25, 0.3) is 0 Å². The number of sulfone groups is 1. The molecule has 0 unspecified atom stereocenters. The van der Waals surface area contributed by atoms with E-state index in [0.717, 1.165) is 6.26 Å². The zero-order valence-electron chi connectivity index (χ0n) is 11.4. The number of fused-ring (bicyclic) bond motifs is 1. The lowest BCUT2D eigenvalue weighted by Gasteiger charge is -2.09. The number of aromatic nitrogens is 1. The highest BCUT2D eigenvalue weighted by atomic mass is 32.2. The zero-order valence-corrected chi connectivity index (χ0v) is 12.3. The maximum atomic E-state index is 11.1.